The molecule has 1 aliphatic rings. The van der Waals surface area contributed by atoms with Crippen LogP contribution in [0.5, 0.6) is 0 Å². The van der Waals surface area contributed by atoms with Crippen LogP contribution in [-0.4, -0.2) is 23.1 Å². The third kappa shape index (κ3) is 2.31. The quantitative estimate of drug-likeness (QED) is 0.794. The third-order valence-corrected chi connectivity index (χ3v) is 4.49. The van der Waals surface area contributed by atoms with Crippen molar-refractivity contribution in [1.82, 2.24) is 4.57 Å². The van der Waals surface area contributed by atoms with Gasteiger partial charge >= 0.3 is 5.76 Å². The number of rotatable bonds is 5. The largest absolute Gasteiger partial charge is 0.419 e. The second kappa shape index (κ2) is 5.15. The monoisotopic (exact) mass is 289 g/mol. The second-order valence-electron chi connectivity index (χ2n) is 5.64. The maximum absolute atomic E-state index is 12.4. The number of Topliss-reactive ketones (excluding diaryl/α,β-unsaturated/α-hetero) is 1. The molecule has 0 bridgehead atoms. The minimum Gasteiger partial charge on any atom is -0.408 e. The summed E-state index contributed by atoms with van der Waals surface area (Å²) in [4.78, 5) is 24.1. The maximum atomic E-state index is 12.4. The summed E-state index contributed by atoms with van der Waals surface area (Å²) in [5.41, 5.74) is 1.47. The fourth-order valence-corrected chi connectivity index (χ4v) is 2.96. The van der Waals surface area contributed by atoms with Crippen molar-refractivity contribution < 1.29 is 13.9 Å². The zero-order chi connectivity index (χ0) is 15.0. The van der Waals surface area contributed by atoms with Crippen molar-refractivity contribution in [3.63, 3.8) is 0 Å². The van der Waals surface area contributed by atoms with E-state index in [9.17, 15) is 9.59 Å². The number of hydrogen-bond donors (Lipinski definition) is 0. The Morgan fingerprint density at radius 1 is 1.43 bits per heavy atom. The molecule has 1 aliphatic carbocycles. The van der Waals surface area contributed by atoms with Crippen molar-refractivity contribution >= 4 is 16.9 Å². The zero-order valence-corrected chi connectivity index (χ0v) is 12.3. The number of carbonyl (C=O) groups excluding carboxylic acids is 1. The molecule has 0 radical (unpaired) electrons. The fraction of sp³-hybridized carbons (Fsp3) is 0.500. The summed E-state index contributed by atoms with van der Waals surface area (Å²) in [7, 11) is 1.66. The number of benzene rings is 1. The average molecular weight is 289 g/mol. The van der Waals surface area contributed by atoms with Gasteiger partial charge in [-0.2, -0.15) is 0 Å². The van der Waals surface area contributed by atoms with Gasteiger partial charge in [0.05, 0.1) is 11.1 Å². The molecule has 1 aromatic carbocycles. The molecule has 0 amide bonds. The van der Waals surface area contributed by atoms with Crippen LogP contribution in [0.25, 0.3) is 11.1 Å². The van der Waals surface area contributed by atoms with Gasteiger partial charge in [-0.25, -0.2) is 4.79 Å². The SMILES string of the molecule is CCn1c(=O)oc2cc(C(=O)CC3(OC)CCC3)ccc21. The van der Waals surface area contributed by atoms with Gasteiger partial charge in [0.2, 0.25) is 0 Å². The Hall–Kier alpha value is -1.88. The summed E-state index contributed by atoms with van der Waals surface area (Å²) >= 11 is 0. The molecule has 5 heteroatoms. The minimum atomic E-state index is -0.385. The van der Waals surface area contributed by atoms with Crippen LogP contribution < -0.4 is 5.76 Å². The number of methoxy groups -OCH3 is 1. The van der Waals surface area contributed by atoms with Crippen LogP contribution in [0.15, 0.2) is 27.4 Å². The van der Waals surface area contributed by atoms with Gasteiger partial charge in [0, 0.05) is 25.6 Å². The Balaban J connectivity index is 1.90. The second-order valence-corrected chi connectivity index (χ2v) is 5.64. The first-order chi connectivity index (χ1) is 10.1. The first-order valence-corrected chi connectivity index (χ1v) is 7.30. The average Bonchev–Trinajstić information content (AvgIpc) is 2.76. The van der Waals surface area contributed by atoms with Gasteiger partial charge < -0.3 is 9.15 Å². The first-order valence-electron chi connectivity index (χ1n) is 7.30. The summed E-state index contributed by atoms with van der Waals surface area (Å²) in [6, 6.07) is 5.19. The molecule has 0 N–H and O–H groups in total. The number of hydrogen-bond acceptors (Lipinski definition) is 4. The number of carbonyl (C=O) groups is 1. The number of oxazole rings is 1. The van der Waals surface area contributed by atoms with Crippen molar-refractivity contribution in [3.05, 3.63) is 34.3 Å². The van der Waals surface area contributed by atoms with Crippen LogP contribution >= 0.6 is 0 Å². The van der Waals surface area contributed by atoms with Crippen LogP contribution in [0.1, 0.15) is 43.0 Å². The molecule has 0 saturated heterocycles. The van der Waals surface area contributed by atoms with Gasteiger partial charge in [-0.15, -0.1) is 0 Å². The van der Waals surface area contributed by atoms with Gasteiger partial charge in [-0.3, -0.25) is 9.36 Å². The highest BCUT2D eigenvalue weighted by Gasteiger charge is 2.39. The van der Waals surface area contributed by atoms with E-state index in [-0.39, 0.29) is 17.1 Å². The van der Waals surface area contributed by atoms with E-state index in [0.717, 1.165) is 24.8 Å². The van der Waals surface area contributed by atoms with Crippen LogP contribution in [-0.2, 0) is 11.3 Å². The predicted molar refractivity (Wildman–Crippen MR) is 78.7 cm³/mol. The molecule has 3 rings (SSSR count). The van der Waals surface area contributed by atoms with E-state index in [2.05, 4.69) is 0 Å². The molecule has 1 saturated carbocycles. The molecule has 0 aliphatic heterocycles. The highest BCUT2D eigenvalue weighted by molar-refractivity contribution is 5.99. The van der Waals surface area contributed by atoms with Crippen molar-refractivity contribution in [2.45, 2.75) is 44.8 Å². The molecule has 112 valence electrons. The Morgan fingerprint density at radius 3 is 2.76 bits per heavy atom. The molecule has 1 heterocycles. The summed E-state index contributed by atoms with van der Waals surface area (Å²) in [6.45, 7) is 2.43. The van der Waals surface area contributed by atoms with E-state index >= 15 is 0 Å². The number of aryl methyl sites for hydroxylation is 1. The highest BCUT2D eigenvalue weighted by atomic mass is 16.5. The lowest BCUT2D eigenvalue weighted by atomic mass is 9.76. The number of fused-ring (bicyclic) bond motifs is 1. The molecule has 0 unspecified atom stereocenters. The lowest BCUT2D eigenvalue weighted by molar-refractivity contribution is -0.0704. The topological polar surface area (TPSA) is 61.4 Å². The molecular formula is C16H19NO4. The molecule has 0 spiro atoms. The Morgan fingerprint density at radius 2 is 2.19 bits per heavy atom. The van der Waals surface area contributed by atoms with Gasteiger partial charge in [0.1, 0.15) is 0 Å². The van der Waals surface area contributed by atoms with Crippen molar-refractivity contribution in [1.29, 1.82) is 0 Å². The van der Waals surface area contributed by atoms with E-state index in [1.165, 1.54) is 0 Å². The number of nitrogens with zero attached hydrogens (tertiary/aromatic N) is 1. The van der Waals surface area contributed by atoms with E-state index < -0.39 is 0 Å². The first kappa shape index (κ1) is 14.1. The van der Waals surface area contributed by atoms with Crippen LogP contribution in [0.4, 0.5) is 0 Å². The highest BCUT2D eigenvalue weighted by Crippen LogP contribution is 2.38. The molecule has 2 aromatic rings. The number of ketones is 1. The van der Waals surface area contributed by atoms with Gasteiger partial charge in [-0.1, -0.05) is 0 Å². The molecule has 0 atom stereocenters. The summed E-state index contributed by atoms with van der Waals surface area (Å²) in [6.07, 6.45) is 3.35. The smallest absolute Gasteiger partial charge is 0.408 e. The molecule has 1 aromatic heterocycles. The van der Waals surface area contributed by atoms with Crippen molar-refractivity contribution in [2.24, 2.45) is 0 Å². The number of ether oxygens (including phenoxy) is 1. The van der Waals surface area contributed by atoms with E-state index in [1.54, 1.807) is 29.9 Å². The lowest BCUT2D eigenvalue weighted by Gasteiger charge is -2.40. The van der Waals surface area contributed by atoms with Crippen LogP contribution in [0, 0.1) is 0 Å². The Bertz CT molecular complexity index is 731. The van der Waals surface area contributed by atoms with Crippen LogP contribution in [0.3, 0.4) is 0 Å². The predicted octanol–water partition coefficient (Wildman–Crippen LogP) is 2.76. The Kier molecular flexibility index (Phi) is 3.45. The van der Waals surface area contributed by atoms with Crippen LogP contribution in [0.2, 0.25) is 0 Å². The summed E-state index contributed by atoms with van der Waals surface area (Å²) in [5.74, 6) is -0.352. The fourth-order valence-electron chi connectivity index (χ4n) is 2.96. The summed E-state index contributed by atoms with van der Waals surface area (Å²) < 4.78 is 12.2. The van der Waals surface area contributed by atoms with Gasteiger partial charge in [-0.05, 0) is 44.4 Å². The van der Waals surface area contributed by atoms with Crippen molar-refractivity contribution in [3.8, 4) is 0 Å². The Labute approximate surface area is 122 Å². The molecule has 21 heavy (non-hydrogen) atoms. The zero-order valence-electron chi connectivity index (χ0n) is 12.3. The van der Waals surface area contributed by atoms with E-state index in [0.29, 0.717) is 24.1 Å². The van der Waals surface area contributed by atoms with E-state index in [4.69, 9.17) is 9.15 Å². The molecular weight excluding hydrogens is 270 g/mol. The lowest BCUT2D eigenvalue weighted by Crippen LogP contribution is -2.41. The maximum Gasteiger partial charge on any atom is 0.419 e. The minimum absolute atomic E-state index is 0.0327. The number of aromatic nitrogens is 1. The summed E-state index contributed by atoms with van der Waals surface area (Å²) in [5, 5.41) is 0. The van der Waals surface area contributed by atoms with E-state index in [1.807, 2.05) is 6.92 Å². The standard InChI is InChI=1S/C16H19NO4/c1-3-17-12-6-5-11(9-14(12)21-15(17)19)13(18)10-16(20-2)7-4-8-16/h5-6,9H,3-4,7-8,10H2,1-2H3. The normalized spacial score (nSPS) is 16.9. The third-order valence-electron chi connectivity index (χ3n) is 4.49. The molecule has 1 fully saturated rings. The molecule has 5 nitrogen and oxygen atoms in total. The van der Waals surface area contributed by atoms with Crippen molar-refractivity contribution in [2.75, 3.05) is 7.11 Å². The van der Waals surface area contributed by atoms with Gasteiger partial charge in [0.15, 0.2) is 11.4 Å². The van der Waals surface area contributed by atoms with Gasteiger partial charge in [0.25, 0.3) is 0 Å².